The molecule has 7 aromatic heterocycles. The molecule has 1 radical (unpaired) electrons. The van der Waals surface area contributed by atoms with Gasteiger partial charge in [0.25, 0.3) is 0 Å². The van der Waals surface area contributed by atoms with Gasteiger partial charge >= 0.3 is 7.69 Å². The van der Waals surface area contributed by atoms with Crippen LogP contribution in [0.3, 0.4) is 0 Å². The minimum absolute atomic E-state index is 0.572. The molecule has 481 valence electrons. The molecule has 1 N–H and O–H groups in total. The highest BCUT2D eigenvalue weighted by atomic mass is 79.9. The molecule has 0 aliphatic heterocycles. The highest BCUT2D eigenvalue weighted by Gasteiger charge is 2.22. The molecule has 0 spiro atoms. The molecule has 102 heavy (non-hydrogen) atoms. The lowest BCUT2D eigenvalue weighted by molar-refractivity contribution is 0.454. The highest BCUT2D eigenvalue weighted by molar-refractivity contribution is 9.10. The van der Waals surface area contributed by atoms with Crippen LogP contribution in [0, 0.1) is 0 Å². The monoisotopic (exact) mass is 1440 g/mol. The zero-order valence-electron chi connectivity index (χ0n) is 53.8. The first-order valence-electron chi connectivity index (χ1n) is 33.4. The summed E-state index contributed by atoms with van der Waals surface area (Å²) in [6.07, 6.45) is 0. The van der Waals surface area contributed by atoms with Gasteiger partial charge in [0.15, 0.2) is 0 Å². The summed E-state index contributed by atoms with van der Waals surface area (Å²) in [5, 5.41) is 23.8. The van der Waals surface area contributed by atoms with Gasteiger partial charge in [0.2, 0.25) is 0 Å². The van der Waals surface area contributed by atoms with Gasteiger partial charge in [-0.15, -0.1) is 0 Å². The molecule has 9 nitrogen and oxygen atoms in total. The number of hydrogen-bond acceptors (Lipinski definition) is 9. The quantitative estimate of drug-likeness (QED) is 0.155. The smallest absolute Gasteiger partial charge is 0.537 e. The fourth-order valence-corrected chi connectivity index (χ4v) is 15.5. The van der Waals surface area contributed by atoms with E-state index in [9.17, 15) is 0 Å². The summed E-state index contributed by atoms with van der Waals surface area (Å²) < 4.78 is 50.6. The summed E-state index contributed by atoms with van der Waals surface area (Å²) in [6, 6.07) is 102. The van der Waals surface area contributed by atoms with Crippen LogP contribution in [-0.2, 0) is 0 Å². The van der Waals surface area contributed by atoms with Crippen LogP contribution < -0.4 is 4.65 Å². The van der Waals surface area contributed by atoms with Crippen molar-refractivity contribution in [3.8, 4) is 61.4 Å². The molecule has 0 aliphatic rings. The molecule has 0 atom stereocenters. The molecule has 0 fully saturated rings. The third-order valence-electron chi connectivity index (χ3n) is 19.6. The molecule has 22 aromatic rings. The second kappa shape index (κ2) is 24.0. The van der Waals surface area contributed by atoms with Crippen molar-refractivity contribution in [2.24, 2.45) is 0 Å². The Labute approximate surface area is 597 Å². The molecule has 0 saturated carbocycles. The summed E-state index contributed by atoms with van der Waals surface area (Å²) in [7, 11) is 0.679. The van der Waals surface area contributed by atoms with Crippen LogP contribution in [0.2, 0.25) is 0 Å². The normalized spacial score (nSPS) is 11.9. The molecule has 0 bridgehead atoms. The minimum atomic E-state index is 0.572. The summed E-state index contributed by atoms with van der Waals surface area (Å²) in [4.78, 5) is 0. The Morgan fingerprint density at radius 1 is 0.206 bits per heavy atom. The first kappa shape index (κ1) is 59.7. The van der Waals surface area contributed by atoms with Crippen molar-refractivity contribution in [1.82, 2.24) is 0 Å². The number of rotatable bonds is 7. The van der Waals surface area contributed by atoms with Gasteiger partial charge in [0, 0.05) is 84.4 Å². The van der Waals surface area contributed by atoms with Gasteiger partial charge in [0.1, 0.15) is 83.9 Å². The van der Waals surface area contributed by atoms with E-state index >= 15 is 0 Å². The lowest BCUT2D eigenvalue weighted by Gasteiger charge is -2.04. The van der Waals surface area contributed by atoms with Crippen LogP contribution in [0.25, 0.3) is 209 Å². The minimum Gasteiger partial charge on any atom is -0.537 e. The molecule has 0 aliphatic carbocycles. The second-order valence-electron chi connectivity index (χ2n) is 25.6. The Bertz CT molecular complexity index is 6770. The SMILES string of the molecule is Brc1ccc2oc3ccc4oc5ccc(Br)cc5c4c3c2c1.O[B]Oc1ccc2oc3ccc(-c4ccccc4)cc3c2c1.c1ccc(-c2ccc3oc4ccc(-c5ccc6oc7ccc8oc9ccc(-c%10ccc%11oc%12ccc(-c%13ccccc%13)cc%12c%11c%10)cc9c8c7c6c5)cc4c3c2)cc1. The maximum Gasteiger partial charge on any atom is 0.569 e. The Kier molecular flexibility index (Phi) is 14.0. The third kappa shape index (κ3) is 10.2. The van der Waals surface area contributed by atoms with E-state index in [2.05, 4.69) is 226 Å². The van der Waals surface area contributed by atoms with Crippen LogP contribution >= 0.6 is 31.9 Å². The topological polar surface area (TPSA) is 121 Å². The van der Waals surface area contributed by atoms with Gasteiger partial charge in [-0.05, 0) is 219 Å². The number of hydrogen-bond donors (Lipinski definition) is 1. The van der Waals surface area contributed by atoms with Crippen LogP contribution in [0.4, 0.5) is 0 Å². The molecule has 15 aromatic carbocycles. The summed E-state index contributed by atoms with van der Waals surface area (Å²) in [6.45, 7) is 0. The van der Waals surface area contributed by atoms with Gasteiger partial charge in [-0.2, -0.15) is 0 Å². The van der Waals surface area contributed by atoms with Crippen LogP contribution in [0.1, 0.15) is 0 Å². The molecular formula is C90H50BBr2O9. The molecule has 22 rings (SSSR count). The van der Waals surface area contributed by atoms with Gasteiger partial charge in [-0.3, -0.25) is 0 Å². The fraction of sp³-hybridized carbons (Fsp3) is 0. The predicted octanol–water partition coefficient (Wildman–Crippen LogP) is 27.1. The number of fused-ring (bicyclic) bond motifs is 23. The molecule has 0 unspecified atom stereocenters. The maximum atomic E-state index is 8.78. The predicted molar refractivity (Wildman–Crippen MR) is 421 cm³/mol. The molecule has 7 heterocycles. The van der Waals surface area contributed by atoms with E-state index in [1.165, 1.54) is 22.3 Å². The van der Waals surface area contributed by atoms with E-state index in [-0.39, 0.29) is 0 Å². The fourth-order valence-electron chi connectivity index (χ4n) is 14.8. The maximum absolute atomic E-state index is 8.78. The second-order valence-corrected chi connectivity index (χ2v) is 27.4. The average molecular weight is 1450 g/mol. The van der Waals surface area contributed by atoms with E-state index in [0.29, 0.717) is 13.4 Å². The van der Waals surface area contributed by atoms with Crippen LogP contribution in [-0.4, -0.2) is 12.7 Å². The lowest BCUT2D eigenvalue weighted by Crippen LogP contribution is -1.98. The van der Waals surface area contributed by atoms with E-state index in [1.54, 1.807) is 6.07 Å². The highest BCUT2D eigenvalue weighted by Crippen LogP contribution is 2.46. The largest absolute Gasteiger partial charge is 0.569 e. The molecule has 0 amide bonds. The van der Waals surface area contributed by atoms with Crippen molar-refractivity contribution in [3.05, 3.63) is 306 Å². The summed E-state index contributed by atoms with van der Waals surface area (Å²) >= 11 is 7.09. The average Bonchev–Trinajstić information content (AvgIpc) is 1.67. The van der Waals surface area contributed by atoms with E-state index in [4.69, 9.17) is 40.6 Å². The van der Waals surface area contributed by atoms with E-state index in [1.807, 2.05) is 97.1 Å². The molecular weight excluding hydrogens is 1400 g/mol. The van der Waals surface area contributed by atoms with E-state index < -0.39 is 0 Å². The number of benzene rings is 15. The Balaban J connectivity index is 0.000000128. The summed E-state index contributed by atoms with van der Waals surface area (Å²) in [5.41, 5.74) is 23.4. The first-order chi connectivity index (χ1) is 50.2. The Morgan fingerprint density at radius 2 is 0.422 bits per heavy atom. The van der Waals surface area contributed by atoms with Crippen LogP contribution in [0.5, 0.6) is 5.75 Å². The number of furan rings is 7. The van der Waals surface area contributed by atoms with Crippen molar-refractivity contribution in [3.63, 3.8) is 0 Å². The molecule has 0 saturated heterocycles. The number of halogens is 2. The first-order valence-corrected chi connectivity index (χ1v) is 35.0. The zero-order chi connectivity index (χ0) is 67.7. The Hall–Kier alpha value is -12.3. The molecule has 12 heteroatoms. The van der Waals surface area contributed by atoms with Crippen molar-refractivity contribution in [1.29, 1.82) is 0 Å². The standard InChI is InChI=1S/C54H30O4.C18H12BO3.C18H8Br2O2/c1-3-7-31(8-4-1)33-11-17-45-39(25-33)41-27-35(13-19-47(41)55-45)37-15-21-49-43(29-37)53-51(57-49)23-24-52-54(53)44-30-38(16-22-50(44)58-52)36-14-20-48-42(28-36)40-26-34(12-18-46(40)56-48)32-9-5-2-6-10-32;20-19-22-14-7-9-18-16(11-14)15-10-13(6-8-17(15)21-18)12-4-2-1-3-5-12;19-9-1-3-13-11(7-9)17-15(21-13)5-6-16-18(17)12-8-10(20)2-4-14(12)22-16/h1-30H;1-11,20H;1-8H. The van der Waals surface area contributed by atoms with Gasteiger partial charge in [-0.25, -0.2) is 0 Å². The van der Waals surface area contributed by atoms with Gasteiger partial charge in [-0.1, -0.05) is 165 Å². The van der Waals surface area contributed by atoms with Crippen molar-refractivity contribution in [2.75, 3.05) is 0 Å². The lowest BCUT2D eigenvalue weighted by atomic mass is 9.97. The van der Waals surface area contributed by atoms with Crippen molar-refractivity contribution in [2.45, 2.75) is 0 Å². The van der Waals surface area contributed by atoms with Crippen molar-refractivity contribution >= 4 is 193 Å². The van der Waals surface area contributed by atoms with E-state index in [0.717, 1.165) is 196 Å². The Morgan fingerprint density at radius 3 is 0.716 bits per heavy atom. The van der Waals surface area contributed by atoms with Crippen molar-refractivity contribution < 1.29 is 40.6 Å². The van der Waals surface area contributed by atoms with Crippen LogP contribution in [0.15, 0.2) is 337 Å². The van der Waals surface area contributed by atoms with Gasteiger partial charge in [0.05, 0.1) is 0 Å². The van der Waals surface area contributed by atoms with Gasteiger partial charge < -0.3 is 40.6 Å². The summed E-state index contributed by atoms with van der Waals surface area (Å²) in [5.74, 6) is 0.572. The zero-order valence-corrected chi connectivity index (χ0v) is 57.0. The third-order valence-corrected chi connectivity index (χ3v) is 20.6.